The van der Waals surface area contributed by atoms with E-state index in [1.807, 2.05) is 6.08 Å². The number of aliphatic hydroxyl groups is 3. The van der Waals surface area contributed by atoms with Crippen molar-refractivity contribution in [3.8, 4) is 0 Å². The molecule has 0 saturated heterocycles. The van der Waals surface area contributed by atoms with E-state index >= 15 is 0 Å². The number of carbonyl (C=O) groups excluding carboxylic acids is 1. The number of unbranched alkanes of at least 4 members (excludes halogenated alkanes) is 13. The number of rotatable bonds is 27. The Morgan fingerprint density at radius 1 is 0.667 bits per heavy atom. The second-order valence-corrected chi connectivity index (χ2v) is 10.7. The van der Waals surface area contributed by atoms with Gasteiger partial charge < -0.3 is 20.6 Å². The summed E-state index contributed by atoms with van der Waals surface area (Å²) in [5.41, 5.74) is 0. The van der Waals surface area contributed by atoms with Gasteiger partial charge in [-0.3, -0.25) is 4.79 Å². The van der Waals surface area contributed by atoms with Crippen LogP contribution in [0.25, 0.3) is 0 Å². The van der Waals surface area contributed by atoms with E-state index < -0.39 is 18.2 Å². The van der Waals surface area contributed by atoms with E-state index in [1.54, 1.807) is 6.08 Å². The molecule has 0 radical (unpaired) electrons. The summed E-state index contributed by atoms with van der Waals surface area (Å²) in [4.78, 5) is 12.3. The van der Waals surface area contributed by atoms with Crippen LogP contribution in [0.2, 0.25) is 0 Å². The predicted molar refractivity (Wildman–Crippen MR) is 167 cm³/mol. The van der Waals surface area contributed by atoms with Crippen LogP contribution in [-0.2, 0) is 4.79 Å². The van der Waals surface area contributed by atoms with Gasteiger partial charge in [0.25, 0.3) is 0 Å². The minimum atomic E-state index is -0.954. The molecule has 0 aliphatic carbocycles. The van der Waals surface area contributed by atoms with Gasteiger partial charge >= 0.3 is 0 Å². The molecule has 0 aromatic rings. The molecule has 0 aliphatic heterocycles. The fourth-order valence-corrected chi connectivity index (χ4v) is 4.34. The van der Waals surface area contributed by atoms with Crippen molar-refractivity contribution < 1.29 is 20.1 Å². The van der Waals surface area contributed by atoms with Gasteiger partial charge in [0.1, 0.15) is 0 Å². The lowest BCUT2D eigenvalue weighted by molar-refractivity contribution is -0.124. The lowest BCUT2D eigenvalue weighted by atomic mass is 10.0. The highest BCUT2D eigenvalue weighted by Gasteiger charge is 2.19. The van der Waals surface area contributed by atoms with Crippen LogP contribution in [-0.4, -0.2) is 46.1 Å². The largest absolute Gasteiger partial charge is 0.394 e. The summed E-state index contributed by atoms with van der Waals surface area (Å²) >= 11 is 0. The van der Waals surface area contributed by atoms with Gasteiger partial charge in [-0.15, -0.1) is 0 Å². The third-order valence-electron chi connectivity index (χ3n) is 6.87. The molecule has 0 bridgehead atoms. The van der Waals surface area contributed by atoms with Crippen molar-refractivity contribution in [3.63, 3.8) is 0 Å². The zero-order valence-corrected chi connectivity index (χ0v) is 25.2. The summed E-state index contributed by atoms with van der Waals surface area (Å²) < 4.78 is 0. The summed E-state index contributed by atoms with van der Waals surface area (Å²) in [7, 11) is 0. The van der Waals surface area contributed by atoms with Crippen LogP contribution >= 0.6 is 0 Å². The van der Waals surface area contributed by atoms with E-state index in [-0.39, 0.29) is 18.9 Å². The highest BCUT2D eigenvalue weighted by Crippen LogP contribution is 2.11. The van der Waals surface area contributed by atoms with Crippen LogP contribution < -0.4 is 5.32 Å². The molecule has 3 atom stereocenters. The maximum absolute atomic E-state index is 12.3. The number of carbonyl (C=O) groups is 1. The first-order valence-corrected chi connectivity index (χ1v) is 15.9. The SMILES string of the molecule is CCCCC/C=C\C=C/CCCCCCC(O)CC(=O)NC(CO)C(O)/C=C/CC/C=C/CCCCCCC. The van der Waals surface area contributed by atoms with E-state index in [0.717, 1.165) is 57.8 Å². The Morgan fingerprint density at radius 2 is 1.18 bits per heavy atom. The number of allylic oxidation sites excluding steroid dienone is 7. The Bertz CT molecular complexity index is 656. The number of aliphatic hydroxyl groups excluding tert-OH is 3. The van der Waals surface area contributed by atoms with E-state index in [0.29, 0.717) is 6.42 Å². The van der Waals surface area contributed by atoms with Crippen LogP contribution in [0, 0.1) is 0 Å². The third-order valence-corrected chi connectivity index (χ3v) is 6.87. The molecule has 5 nitrogen and oxygen atoms in total. The molecule has 0 aromatic heterocycles. The van der Waals surface area contributed by atoms with Crippen molar-refractivity contribution in [1.82, 2.24) is 5.32 Å². The predicted octanol–water partition coefficient (Wildman–Crippen LogP) is 7.86. The molecule has 0 spiro atoms. The Kier molecular flexibility index (Phi) is 28.0. The molecule has 3 unspecified atom stereocenters. The van der Waals surface area contributed by atoms with Crippen LogP contribution in [0.1, 0.15) is 136 Å². The number of hydrogen-bond donors (Lipinski definition) is 4. The van der Waals surface area contributed by atoms with Gasteiger partial charge in [0.2, 0.25) is 5.91 Å². The fraction of sp³-hybridized carbons (Fsp3) is 0.735. The van der Waals surface area contributed by atoms with Gasteiger partial charge in [-0.25, -0.2) is 0 Å². The first kappa shape index (κ1) is 37.3. The maximum atomic E-state index is 12.3. The van der Waals surface area contributed by atoms with Crippen LogP contribution in [0.4, 0.5) is 0 Å². The molecule has 0 aliphatic rings. The molecule has 39 heavy (non-hydrogen) atoms. The molecule has 0 fully saturated rings. The first-order valence-electron chi connectivity index (χ1n) is 15.9. The second-order valence-electron chi connectivity index (χ2n) is 10.7. The minimum absolute atomic E-state index is 0.0104. The molecule has 0 heterocycles. The number of nitrogens with one attached hydrogen (secondary N) is 1. The van der Waals surface area contributed by atoms with Gasteiger partial charge in [-0.2, -0.15) is 0 Å². The Hall–Kier alpha value is -1.69. The maximum Gasteiger partial charge on any atom is 0.222 e. The van der Waals surface area contributed by atoms with Gasteiger partial charge in [-0.1, -0.05) is 120 Å². The third kappa shape index (κ3) is 26.3. The summed E-state index contributed by atoms with van der Waals surface area (Å²) in [6.45, 7) is 4.10. The average Bonchev–Trinajstić information content (AvgIpc) is 2.92. The van der Waals surface area contributed by atoms with Crippen molar-refractivity contribution in [1.29, 1.82) is 0 Å². The smallest absolute Gasteiger partial charge is 0.222 e. The second kappa shape index (κ2) is 29.3. The zero-order valence-electron chi connectivity index (χ0n) is 25.2. The van der Waals surface area contributed by atoms with Crippen molar-refractivity contribution in [3.05, 3.63) is 48.6 Å². The van der Waals surface area contributed by atoms with E-state index in [4.69, 9.17) is 0 Å². The van der Waals surface area contributed by atoms with Gasteiger partial charge in [0, 0.05) is 0 Å². The molecule has 0 saturated carbocycles. The Balaban J connectivity index is 3.91. The summed E-state index contributed by atoms with van der Waals surface area (Å²) in [6.07, 6.45) is 35.1. The van der Waals surface area contributed by atoms with Gasteiger partial charge in [0.15, 0.2) is 0 Å². The first-order chi connectivity index (χ1) is 19.0. The molecule has 1 amide bonds. The lowest BCUT2D eigenvalue weighted by Crippen LogP contribution is -2.45. The molecule has 0 rings (SSSR count). The van der Waals surface area contributed by atoms with Crippen LogP contribution in [0.3, 0.4) is 0 Å². The summed E-state index contributed by atoms with van der Waals surface area (Å²) in [6, 6.07) is -0.765. The quantitative estimate of drug-likeness (QED) is 0.0479. The average molecular weight is 548 g/mol. The normalized spacial score (nSPS) is 14.7. The standard InChI is InChI=1S/C34H61NO4/c1-3-5-7-9-11-13-15-16-18-19-21-23-25-27-31(37)29-34(39)35-32(30-36)33(38)28-26-24-22-20-17-14-12-10-8-6-4-2/h11,13,15-17,20,26,28,31-33,36-38H,3-10,12,14,18-19,21-25,27,29-30H2,1-2H3,(H,35,39)/b13-11-,16-15-,20-17+,28-26+. The highest BCUT2D eigenvalue weighted by molar-refractivity contribution is 5.76. The lowest BCUT2D eigenvalue weighted by Gasteiger charge is -2.20. The van der Waals surface area contributed by atoms with Gasteiger partial charge in [-0.05, 0) is 57.8 Å². The molecule has 4 N–H and O–H groups in total. The molecule has 5 heteroatoms. The van der Waals surface area contributed by atoms with Crippen LogP contribution in [0.5, 0.6) is 0 Å². The zero-order chi connectivity index (χ0) is 28.8. The topological polar surface area (TPSA) is 89.8 Å². The highest BCUT2D eigenvalue weighted by atomic mass is 16.3. The number of hydrogen-bond acceptors (Lipinski definition) is 4. The van der Waals surface area contributed by atoms with Crippen molar-refractivity contribution in [2.75, 3.05) is 6.61 Å². The van der Waals surface area contributed by atoms with E-state index in [2.05, 4.69) is 55.6 Å². The Morgan fingerprint density at radius 3 is 1.82 bits per heavy atom. The summed E-state index contributed by atoms with van der Waals surface area (Å²) in [5, 5.41) is 32.8. The van der Waals surface area contributed by atoms with E-state index in [1.165, 1.54) is 51.4 Å². The van der Waals surface area contributed by atoms with E-state index in [9.17, 15) is 20.1 Å². The monoisotopic (exact) mass is 547 g/mol. The number of amides is 1. The molecule has 0 aromatic carbocycles. The van der Waals surface area contributed by atoms with Crippen molar-refractivity contribution >= 4 is 5.91 Å². The summed E-state index contributed by atoms with van der Waals surface area (Å²) in [5.74, 6) is -0.344. The van der Waals surface area contributed by atoms with Gasteiger partial charge in [0.05, 0.1) is 31.3 Å². The van der Waals surface area contributed by atoms with Crippen LogP contribution in [0.15, 0.2) is 48.6 Å². The van der Waals surface area contributed by atoms with Crippen molar-refractivity contribution in [2.45, 2.75) is 154 Å². The molecule has 226 valence electrons. The fourth-order valence-electron chi connectivity index (χ4n) is 4.34. The molecular formula is C34H61NO4. The van der Waals surface area contributed by atoms with Crippen molar-refractivity contribution in [2.24, 2.45) is 0 Å². The molecular weight excluding hydrogens is 486 g/mol. The Labute approximate surface area is 240 Å². The minimum Gasteiger partial charge on any atom is -0.394 e.